The van der Waals surface area contributed by atoms with E-state index in [-0.39, 0.29) is 23.1 Å². The van der Waals surface area contributed by atoms with E-state index in [0.717, 1.165) is 5.56 Å². The number of aromatic hydroxyl groups is 1. The highest BCUT2D eigenvalue weighted by molar-refractivity contribution is 7.92. The molecule has 0 spiro atoms. The highest BCUT2D eigenvalue weighted by Gasteiger charge is 2.16. The maximum atomic E-state index is 12.4. The average Bonchev–Trinajstić information content (AvgIpc) is 2.51. The molecule has 1 aromatic heterocycles. The summed E-state index contributed by atoms with van der Waals surface area (Å²) in [5.74, 6) is 0.00823. The van der Waals surface area contributed by atoms with Crippen molar-refractivity contribution in [2.24, 2.45) is 0 Å². The van der Waals surface area contributed by atoms with Crippen molar-refractivity contribution in [1.82, 2.24) is 4.98 Å². The molecule has 0 fully saturated rings. The average molecular weight is 350 g/mol. The van der Waals surface area contributed by atoms with E-state index in [1.54, 1.807) is 42.6 Å². The van der Waals surface area contributed by atoms with Gasteiger partial charge < -0.3 is 17.5 Å². The lowest BCUT2D eigenvalue weighted by Crippen LogP contribution is -3.00. The van der Waals surface area contributed by atoms with Crippen LogP contribution in [0.5, 0.6) is 5.75 Å². The zero-order chi connectivity index (χ0) is 15.7. The number of sulfonamides is 1. The molecule has 7 heteroatoms. The van der Waals surface area contributed by atoms with Crippen LogP contribution in [-0.4, -0.2) is 18.5 Å². The Hall–Kier alpha value is -2.31. The molecule has 0 aliphatic heterocycles. The lowest BCUT2D eigenvalue weighted by Gasteiger charge is -2.11. The van der Waals surface area contributed by atoms with Gasteiger partial charge in [-0.15, -0.1) is 0 Å². The van der Waals surface area contributed by atoms with Crippen molar-refractivity contribution in [3.63, 3.8) is 0 Å². The van der Waals surface area contributed by atoms with Gasteiger partial charge in [-0.25, -0.2) is 8.42 Å². The molecule has 0 aliphatic carbocycles. The molecule has 120 valence electrons. The van der Waals surface area contributed by atoms with Crippen LogP contribution in [0.4, 0.5) is 5.69 Å². The van der Waals surface area contributed by atoms with Crippen LogP contribution >= 0.6 is 0 Å². The predicted octanol–water partition coefficient (Wildman–Crippen LogP) is 0.0536. The van der Waals surface area contributed by atoms with Crippen LogP contribution in [-0.2, 0) is 10.0 Å². The van der Waals surface area contributed by atoms with Gasteiger partial charge in [-0.05, 0) is 43.3 Å². The smallest absolute Gasteiger partial charge is 0.261 e. The number of rotatable bonds is 3. The highest BCUT2D eigenvalue weighted by Crippen LogP contribution is 2.30. The monoisotopic (exact) mass is 349 g/mol. The minimum absolute atomic E-state index is 0. The molecule has 2 N–H and O–H groups in total. The van der Waals surface area contributed by atoms with E-state index >= 15 is 0 Å². The number of aromatic nitrogens is 1. The second-order valence-corrected chi connectivity index (χ2v) is 6.63. The SMILES string of the molecule is Cc1ccc(S(=O)(=O)Nc2ccc(O)c3ncccc23)cc1.[Cl-]. The first-order valence-corrected chi connectivity index (χ1v) is 8.12. The summed E-state index contributed by atoms with van der Waals surface area (Å²) in [5, 5.41) is 10.3. The fourth-order valence-electron chi connectivity index (χ4n) is 2.17. The van der Waals surface area contributed by atoms with Gasteiger partial charge in [0.15, 0.2) is 0 Å². The third-order valence-corrected chi connectivity index (χ3v) is 4.71. The number of phenols is 1. The molecule has 0 saturated carbocycles. The molecule has 1 heterocycles. The van der Waals surface area contributed by atoms with Crippen LogP contribution in [0.25, 0.3) is 10.9 Å². The molecule has 0 atom stereocenters. The van der Waals surface area contributed by atoms with E-state index in [2.05, 4.69) is 9.71 Å². The molecule has 3 aromatic rings. The number of hydrogen-bond acceptors (Lipinski definition) is 4. The quantitative estimate of drug-likeness (QED) is 0.655. The number of fused-ring (bicyclic) bond motifs is 1. The number of aryl methyl sites for hydroxylation is 1. The van der Waals surface area contributed by atoms with Gasteiger partial charge in [0.1, 0.15) is 11.3 Å². The summed E-state index contributed by atoms with van der Waals surface area (Å²) in [7, 11) is -3.69. The van der Waals surface area contributed by atoms with Crippen molar-refractivity contribution in [2.75, 3.05) is 4.72 Å². The van der Waals surface area contributed by atoms with Crippen LogP contribution in [0.1, 0.15) is 5.56 Å². The highest BCUT2D eigenvalue weighted by atomic mass is 35.5. The lowest BCUT2D eigenvalue weighted by molar-refractivity contribution is -0.00000783. The topological polar surface area (TPSA) is 79.3 Å². The number of hydrogen-bond donors (Lipinski definition) is 2. The van der Waals surface area contributed by atoms with E-state index in [4.69, 9.17) is 0 Å². The van der Waals surface area contributed by atoms with Crippen molar-refractivity contribution in [3.8, 4) is 5.75 Å². The maximum absolute atomic E-state index is 12.4. The summed E-state index contributed by atoms with van der Waals surface area (Å²) in [5.41, 5.74) is 1.71. The number of benzene rings is 2. The fourth-order valence-corrected chi connectivity index (χ4v) is 3.25. The number of nitrogens with zero attached hydrogens (tertiary/aromatic N) is 1. The molecule has 0 amide bonds. The van der Waals surface area contributed by atoms with Gasteiger partial charge in [-0.2, -0.15) is 0 Å². The zero-order valence-electron chi connectivity index (χ0n) is 12.2. The Balaban J connectivity index is 0.00000192. The minimum Gasteiger partial charge on any atom is -1.00 e. The molecule has 0 saturated heterocycles. The van der Waals surface area contributed by atoms with Gasteiger partial charge >= 0.3 is 0 Å². The third kappa shape index (κ3) is 3.38. The van der Waals surface area contributed by atoms with Crippen molar-refractivity contribution in [2.45, 2.75) is 11.8 Å². The first-order valence-electron chi connectivity index (χ1n) is 6.63. The van der Waals surface area contributed by atoms with E-state index < -0.39 is 10.0 Å². The van der Waals surface area contributed by atoms with Crippen molar-refractivity contribution < 1.29 is 25.9 Å². The Bertz CT molecular complexity index is 941. The Morgan fingerprint density at radius 1 is 1.04 bits per heavy atom. The summed E-state index contributed by atoms with van der Waals surface area (Å²) >= 11 is 0. The number of anilines is 1. The van der Waals surface area contributed by atoms with E-state index in [0.29, 0.717) is 16.6 Å². The molecular weight excluding hydrogens is 336 g/mol. The molecule has 5 nitrogen and oxygen atoms in total. The van der Waals surface area contributed by atoms with Crippen molar-refractivity contribution in [3.05, 3.63) is 60.3 Å². The molecule has 23 heavy (non-hydrogen) atoms. The zero-order valence-corrected chi connectivity index (χ0v) is 13.8. The van der Waals surface area contributed by atoms with Crippen LogP contribution in [0.3, 0.4) is 0 Å². The standard InChI is InChI=1S/C16H14N2O3S.ClH/c1-11-4-6-12(7-5-11)22(20,21)18-14-8-9-15(19)16-13(14)3-2-10-17-16;/h2-10,18-19H,1H3;1H/p-1. The van der Waals surface area contributed by atoms with E-state index in [9.17, 15) is 13.5 Å². The summed E-state index contributed by atoms with van der Waals surface area (Å²) in [4.78, 5) is 4.25. The third-order valence-electron chi connectivity index (χ3n) is 3.32. The number of nitrogens with one attached hydrogen (secondary N) is 1. The second-order valence-electron chi connectivity index (χ2n) is 4.95. The summed E-state index contributed by atoms with van der Waals surface area (Å²) in [6, 6.07) is 12.9. The van der Waals surface area contributed by atoms with Gasteiger partial charge in [-0.1, -0.05) is 17.7 Å². The van der Waals surface area contributed by atoms with Gasteiger partial charge in [0, 0.05) is 11.6 Å². The fraction of sp³-hybridized carbons (Fsp3) is 0.0625. The lowest BCUT2D eigenvalue weighted by atomic mass is 10.2. The molecule has 0 unspecified atom stereocenters. The molecular formula is C16H14ClN2O3S-. The first kappa shape index (κ1) is 17.1. The Labute approximate surface area is 140 Å². The van der Waals surface area contributed by atoms with Gasteiger partial charge in [0.2, 0.25) is 0 Å². The summed E-state index contributed by atoms with van der Waals surface area (Å²) < 4.78 is 27.4. The van der Waals surface area contributed by atoms with Crippen LogP contribution in [0.2, 0.25) is 0 Å². The van der Waals surface area contributed by atoms with Crippen molar-refractivity contribution in [1.29, 1.82) is 0 Å². The van der Waals surface area contributed by atoms with Crippen LogP contribution in [0.15, 0.2) is 59.6 Å². The maximum Gasteiger partial charge on any atom is 0.261 e. The normalized spacial score (nSPS) is 11.0. The Kier molecular flexibility index (Phi) is 4.77. The largest absolute Gasteiger partial charge is 1.00 e. The molecule has 2 aromatic carbocycles. The number of halogens is 1. The van der Waals surface area contributed by atoms with Gasteiger partial charge in [0.05, 0.1) is 10.6 Å². The second kappa shape index (κ2) is 6.44. The first-order chi connectivity index (χ1) is 10.5. The summed E-state index contributed by atoms with van der Waals surface area (Å²) in [6.07, 6.45) is 1.54. The number of pyridine rings is 1. The molecule has 0 bridgehead atoms. The molecule has 0 radical (unpaired) electrons. The van der Waals surface area contributed by atoms with Gasteiger partial charge in [0.25, 0.3) is 10.0 Å². The van der Waals surface area contributed by atoms with E-state index in [1.165, 1.54) is 12.1 Å². The minimum atomic E-state index is -3.69. The van der Waals surface area contributed by atoms with E-state index in [1.807, 2.05) is 6.92 Å². The number of phenolic OH excluding ortho intramolecular Hbond substituents is 1. The van der Waals surface area contributed by atoms with Crippen LogP contribution in [0, 0.1) is 6.92 Å². The molecule has 0 aliphatic rings. The molecule has 3 rings (SSSR count). The summed E-state index contributed by atoms with van der Waals surface area (Å²) in [6.45, 7) is 1.89. The Morgan fingerprint density at radius 2 is 1.74 bits per heavy atom. The Morgan fingerprint density at radius 3 is 2.43 bits per heavy atom. The van der Waals surface area contributed by atoms with Crippen molar-refractivity contribution >= 4 is 26.6 Å². The van der Waals surface area contributed by atoms with Gasteiger partial charge in [-0.3, -0.25) is 9.71 Å². The van der Waals surface area contributed by atoms with Crippen LogP contribution < -0.4 is 17.1 Å². The predicted molar refractivity (Wildman–Crippen MR) is 85.4 cm³/mol.